The highest BCUT2D eigenvalue weighted by molar-refractivity contribution is 5.66. The average molecular weight is 257 g/mol. The zero-order valence-corrected chi connectivity index (χ0v) is 12.1. The third kappa shape index (κ3) is 2.86. The summed E-state index contributed by atoms with van der Waals surface area (Å²) in [6.45, 7) is 7.86. The van der Waals surface area contributed by atoms with Gasteiger partial charge in [0.15, 0.2) is 0 Å². The Balaban J connectivity index is 2.63. The zero-order valence-electron chi connectivity index (χ0n) is 12.1. The molecule has 0 saturated heterocycles. The second kappa shape index (κ2) is 6.53. The number of carboxylic acids is 1. The van der Waals surface area contributed by atoms with Crippen molar-refractivity contribution in [2.75, 3.05) is 20.2 Å². The van der Waals surface area contributed by atoms with E-state index in [1.54, 1.807) is 0 Å². The smallest absolute Gasteiger partial charge is 0.304 e. The van der Waals surface area contributed by atoms with Gasteiger partial charge >= 0.3 is 5.97 Å². The molecule has 2 atom stereocenters. The Morgan fingerprint density at radius 3 is 2.44 bits per heavy atom. The molecule has 1 aliphatic carbocycles. The van der Waals surface area contributed by atoms with Gasteiger partial charge in [0.1, 0.15) is 0 Å². The minimum Gasteiger partial charge on any atom is -0.481 e. The second-order valence-corrected chi connectivity index (χ2v) is 5.26. The SMILES string of the molecule is CCOC1CC(N(C)CCC(=O)O)C1(CC)CC. The lowest BCUT2D eigenvalue weighted by Gasteiger charge is -2.58. The van der Waals surface area contributed by atoms with Crippen molar-refractivity contribution in [3.05, 3.63) is 0 Å². The molecule has 0 bridgehead atoms. The van der Waals surface area contributed by atoms with Crippen molar-refractivity contribution in [2.45, 2.75) is 58.6 Å². The molecular weight excluding hydrogens is 230 g/mol. The van der Waals surface area contributed by atoms with Crippen LogP contribution in [0.1, 0.15) is 46.5 Å². The molecule has 1 fully saturated rings. The van der Waals surface area contributed by atoms with Crippen molar-refractivity contribution in [1.29, 1.82) is 0 Å². The molecule has 1 rings (SSSR count). The summed E-state index contributed by atoms with van der Waals surface area (Å²) in [7, 11) is 2.04. The van der Waals surface area contributed by atoms with Gasteiger partial charge in [0.05, 0.1) is 12.5 Å². The summed E-state index contributed by atoms with van der Waals surface area (Å²) in [5.41, 5.74) is 0.212. The fourth-order valence-corrected chi connectivity index (χ4v) is 3.38. The summed E-state index contributed by atoms with van der Waals surface area (Å²) in [5.74, 6) is -0.721. The van der Waals surface area contributed by atoms with Crippen LogP contribution in [0.2, 0.25) is 0 Å². The first-order chi connectivity index (χ1) is 8.51. The van der Waals surface area contributed by atoms with Crippen LogP contribution in [0.25, 0.3) is 0 Å². The number of aliphatic carboxylic acids is 1. The summed E-state index contributed by atoms with van der Waals surface area (Å²) < 4.78 is 5.84. The number of nitrogens with zero attached hydrogens (tertiary/aromatic N) is 1. The molecule has 1 N–H and O–H groups in total. The maximum atomic E-state index is 10.6. The van der Waals surface area contributed by atoms with Crippen LogP contribution in [-0.2, 0) is 9.53 Å². The van der Waals surface area contributed by atoms with Gasteiger partial charge in [-0.05, 0) is 33.2 Å². The fourth-order valence-electron chi connectivity index (χ4n) is 3.38. The summed E-state index contributed by atoms with van der Waals surface area (Å²) in [5, 5.41) is 8.76. The molecule has 106 valence electrons. The molecule has 0 aromatic heterocycles. The third-order valence-electron chi connectivity index (χ3n) is 4.64. The normalized spacial score (nSPS) is 26.1. The highest BCUT2D eigenvalue weighted by Gasteiger charge is 2.54. The second-order valence-electron chi connectivity index (χ2n) is 5.26. The minimum absolute atomic E-state index is 0.212. The molecule has 0 aromatic rings. The van der Waals surface area contributed by atoms with Gasteiger partial charge in [0.2, 0.25) is 0 Å². The molecular formula is C14H27NO3. The average Bonchev–Trinajstić information content (AvgIpc) is 2.33. The number of carboxylic acid groups (broad SMARTS) is 1. The quantitative estimate of drug-likeness (QED) is 0.725. The van der Waals surface area contributed by atoms with E-state index in [9.17, 15) is 4.79 Å². The van der Waals surface area contributed by atoms with Gasteiger partial charge in [0, 0.05) is 24.6 Å². The van der Waals surface area contributed by atoms with Crippen LogP contribution in [0.15, 0.2) is 0 Å². The van der Waals surface area contributed by atoms with Gasteiger partial charge in [-0.15, -0.1) is 0 Å². The van der Waals surface area contributed by atoms with Gasteiger partial charge in [-0.1, -0.05) is 13.8 Å². The Bertz CT molecular complexity index is 276. The van der Waals surface area contributed by atoms with Crippen molar-refractivity contribution >= 4 is 5.97 Å². The van der Waals surface area contributed by atoms with Crippen molar-refractivity contribution < 1.29 is 14.6 Å². The molecule has 2 unspecified atom stereocenters. The van der Waals surface area contributed by atoms with E-state index in [4.69, 9.17) is 9.84 Å². The van der Waals surface area contributed by atoms with E-state index >= 15 is 0 Å². The molecule has 18 heavy (non-hydrogen) atoms. The maximum Gasteiger partial charge on any atom is 0.304 e. The van der Waals surface area contributed by atoms with E-state index < -0.39 is 5.97 Å². The molecule has 0 aliphatic heterocycles. The predicted molar refractivity (Wildman–Crippen MR) is 71.7 cm³/mol. The summed E-state index contributed by atoms with van der Waals surface area (Å²) in [6, 6.07) is 0.461. The van der Waals surface area contributed by atoms with E-state index in [2.05, 4.69) is 18.7 Å². The number of rotatable bonds is 8. The first-order valence-electron chi connectivity index (χ1n) is 7.05. The standard InChI is InChI=1S/C14H27NO3/c1-5-14(6-2)11(10-12(14)18-7-3)15(4)9-8-13(16)17/h11-12H,5-10H2,1-4H3,(H,16,17). The largest absolute Gasteiger partial charge is 0.481 e. The molecule has 4 heteroatoms. The molecule has 0 amide bonds. The molecule has 0 radical (unpaired) electrons. The van der Waals surface area contributed by atoms with E-state index in [0.717, 1.165) is 25.9 Å². The topological polar surface area (TPSA) is 49.8 Å². The summed E-state index contributed by atoms with van der Waals surface area (Å²) >= 11 is 0. The minimum atomic E-state index is -0.721. The lowest BCUT2D eigenvalue weighted by Crippen LogP contribution is -2.63. The van der Waals surface area contributed by atoms with Crippen molar-refractivity contribution in [3.8, 4) is 0 Å². The first kappa shape index (κ1) is 15.4. The van der Waals surface area contributed by atoms with E-state index in [1.165, 1.54) is 0 Å². The molecule has 4 nitrogen and oxygen atoms in total. The lowest BCUT2D eigenvalue weighted by atomic mass is 9.58. The Hall–Kier alpha value is -0.610. The summed E-state index contributed by atoms with van der Waals surface area (Å²) in [6.07, 6.45) is 3.78. The predicted octanol–water partition coefficient (Wildman–Crippen LogP) is 2.38. The Morgan fingerprint density at radius 1 is 1.39 bits per heavy atom. The number of hydrogen-bond acceptors (Lipinski definition) is 3. The van der Waals surface area contributed by atoms with E-state index in [1.807, 2.05) is 14.0 Å². The number of ether oxygens (including phenoxy) is 1. The summed E-state index contributed by atoms with van der Waals surface area (Å²) in [4.78, 5) is 12.9. The van der Waals surface area contributed by atoms with Gasteiger partial charge in [-0.25, -0.2) is 0 Å². The molecule has 1 saturated carbocycles. The van der Waals surface area contributed by atoms with Crippen LogP contribution >= 0.6 is 0 Å². The van der Waals surface area contributed by atoms with Gasteiger partial charge in [-0.2, -0.15) is 0 Å². The first-order valence-corrected chi connectivity index (χ1v) is 7.05. The van der Waals surface area contributed by atoms with Crippen LogP contribution in [0.5, 0.6) is 0 Å². The molecule has 0 aromatic carbocycles. The van der Waals surface area contributed by atoms with Gasteiger partial charge < -0.3 is 14.7 Å². The Morgan fingerprint density at radius 2 is 2.00 bits per heavy atom. The van der Waals surface area contributed by atoms with E-state index in [0.29, 0.717) is 18.7 Å². The zero-order chi connectivity index (χ0) is 13.8. The molecule has 0 heterocycles. The lowest BCUT2D eigenvalue weighted by molar-refractivity contribution is -0.168. The van der Waals surface area contributed by atoms with Crippen molar-refractivity contribution in [3.63, 3.8) is 0 Å². The highest BCUT2D eigenvalue weighted by atomic mass is 16.5. The van der Waals surface area contributed by atoms with Crippen LogP contribution in [0.3, 0.4) is 0 Å². The fraction of sp³-hybridized carbons (Fsp3) is 0.929. The number of hydrogen-bond donors (Lipinski definition) is 1. The van der Waals surface area contributed by atoms with Crippen LogP contribution in [0.4, 0.5) is 0 Å². The molecule has 0 spiro atoms. The van der Waals surface area contributed by atoms with Crippen molar-refractivity contribution in [1.82, 2.24) is 4.90 Å². The van der Waals surface area contributed by atoms with Gasteiger partial charge in [-0.3, -0.25) is 4.79 Å². The Labute approximate surface area is 110 Å². The maximum absolute atomic E-state index is 10.6. The van der Waals surface area contributed by atoms with E-state index in [-0.39, 0.29) is 11.8 Å². The van der Waals surface area contributed by atoms with Crippen LogP contribution in [0, 0.1) is 5.41 Å². The number of carbonyl (C=O) groups is 1. The monoisotopic (exact) mass is 257 g/mol. The Kier molecular flexibility index (Phi) is 5.60. The van der Waals surface area contributed by atoms with Crippen LogP contribution < -0.4 is 0 Å². The van der Waals surface area contributed by atoms with Crippen molar-refractivity contribution in [2.24, 2.45) is 5.41 Å². The highest BCUT2D eigenvalue weighted by Crippen LogP contribution is 2.51. The van der Waals surface area contributed by atoms with Crippen LogP contribution in [-0.4, -0.2) is 48.3 Å². The van der Waals surface area contributed by atoms with Gasteiger partial charge in [0.25, 0.3) is 0 Å². The third-order valence-corrected chi connectivity index (χ3v) is 4.64. The molecule has 1 aliphatic rings.